The van der Waals surface area contributed by atoms with Crippen molar-refractivity contribution >= 4 is 24.2 Å². The van der Waals surface area contributed by atoms with Crippen LogP contribution in [0.15, 0.2) is 30.3 Å². The van der Waals surface area contributed by atoms with Crippen LogP contribution >= 0.6 is 18.5 Å². The Hall–Kier alpha value is -0.280. The van der Waals surface area contributed by atoms with Gasteiger partial charge in [0.25, 0.3) is 0 Å². The van der Waals surface area contributed by atoms with Crippen LogP contribution in [0.2, 0.25) is 0 Å². The van der Waals surface area contributed by atoms with Crippen LogP contribution in [0.25, 0.3) is 0 Å². The summed E-state index contributed by atoms with van der Waals surface area (Å²) in [6.45, 7) is 9.53. The maximum atomic E-state index is 11.0. The zero-order valence-corrected chi connectivity index (χ0v) is 32.3. The Bertz CT molecular complexity index is 985. The van der Waals surface area contributed by atoms with Crippen molar-refractivity contribution in [2.75, 3.05) is 4.90 Å². The Balaban J connectivity index is 1.80. The molecule has 7 heteroatoms. The molecule has 4 aliphatic carbocycles. The number of aliphatic hydroxyl groups is 4. The third-order valence-corrected chi connectivity index (χ3v) is 16.2. The minimum absolute atomic E-state index is 0.227. The van der Waals surface area contributed by atoms with E-state index in [4.69, 9.17) is 0 Å². The van der Waals surface area contributed by atoms with Gasteiger partial charge >= 0.3 is 0 Å². The Morgan fingerprint density at radius 1 is 0.532 bits per heavy atom. The fourth-order valence-corrected chi connectivity index (χ4v) is 15.1. The minimum Gasteiger partial charge on any atom is -0.393 e. The van der Waals surface area contributed by atoms with E-state index in [1.54, 1.807) is 0 Å². The molecule has 4 N–H and O–H groups in total. The van der Waals surface area contributed by atoms with Gasteiger partial charge in [-0.25, -0.2) is 0 Å². The summed E-state index contributed by atoms with van der Waals surface area (Å²) in [4.78, 5) is 2.94. The molecule has 14 atom stereocenters. The molecule has 1 aromatic carbocycles. The molecule has 14 unspecified atom stereocenters. The molecule has 268 valence electrons. The van der Waals surface area contributed by atoms with Crippen LogP contribution in [-0.4, -0.2) is 55.4 Å². The summed E-state index contributed by atoms with van der Waals surface area (Å²) in [7, 11) is 7.19. The molecule has 5 nitrogen and oxygen atoms in total. The van der Waals surface area contributed by atoms with Gasteiger partial charge in [0.1, 0.15) is 0 Å². The van der Waals surface area contributed by atoms with Crippen molar-refractivity contribution in [1.29, 1.82) is 0 Å². The van der Waals surface area contributed by atoms with Crippen LogP contribution in [0, 0.1) is 47.3 Å². The number of anilines is 1. The largest absolute Gasteiger partial charge is 0.393 e. The van der Waals surface area contributed by atoms with Crippen molar-refractivity contribution in [3.05, 3.63) is 30.3 Å². The molecule has 0 heterocycles. The highest BCUT2D eigenvalue weighted by Crippen LogP contribution is 2.63. The van der Waals surface area contributed by atoms with E-state index >= 15 is 0 Å². The smallest absolute Gasteiger partial charge is 0.0610 e. The third-order valence-electron chi connectivity index (χ3n) is 14.0. The van der Waals surface area contributed by atoms with Crippen LogP contribution < -0.4 is 4.90 Å². The number of para-hydroxylation sites is 1. The number of nitrogens with zero attached hydrogens (tertiary/aromatic N) is 1. The number of hydrogen-bond donors (Lipinski definition) is 4. The Kier molecular flexibility index (Phi) is 13.2. The third kappa shape index (κ3) is 7.53. The van der Waals surface area contributed by atoms with E-state index in [0.29, 0.717) is 47.3 Å². The predicted molar refractivity (Wildman–Crippen MR) is 202 cm³/mol. The molecule has 0 spiro atoms. The first-order chi connectivity index (χ1) is 22.5. The van der Waals surface area contributed by atoms with Gasteiger partial charge in [-0.15, -0.1) is 18.5 Å². The van der Waals surface area contributed by atoms with Crippen molar-refractivity contribution < 1.29 is 20.4 Å². The topological polar surface area (TPSA) is 84.2 Å². The molecule has 0 radical (unpaired) electrons. The van der Waals surface area contributed by atoms with E-state index in [1.807, 2.05) is 0 Å². The molecule has 5 rings (SSSR count). The van der Waals surface area contributed by atoms with Crippen LogP contribution in [0.3, 0.4) is 0 Å². The van der Waals surface area contributed by atoms with Crippen LogP contribution in [-0.2, 0) is 0 Å². The van der Waals surface area contributed by atoms with Gasteiger partial charge in [0.2, 0.25) is 0 Å². The van der Waals surface area contributed by atoms with Crippen molar-refractivity contribution in [2.45, 2.75) is 165 Å². The summed E-state index contributed by atoms with van der Waals surface area (Å²) in [6.07, 6.45) is 14.5. The maximum absolute atomic E-state index is 11.0. The van der Waals surface area contributed by atoms with Gasteiger partial charge < -0.3 is 25.3 Å². The highest BCUT2D eigenvalue weighted by atomic mass is 31.0. The lowest BCUT2D eigenvalue weighted by Gasteiger charge is -2.65. The minimum atomic E-state index is -0.328. The van der Waals surface area contributed by atoms with E-state index in [2.05, 4.69) is 81.4 Å². The van der Waals surface area contributed by atoms with Crippen molar-refractivity contribution in [3.8, 4) is 0 Å². The SMILES string of the molecule is CCC(C1CCC(O)C1)C(P)(C(CC)C1CCC(O)C1)N(c1ccccc1)C(P)(C(CC)C1CCC(O)C1)C(CC)C1CCC(O)C1. The van der Waals surface area contributed by atoms with E-state index in [1.165, 1.54) is 5.69 Å². The second kappa shape index (κ2) is 16.4. The molecule has 0 amide bonds. The van der Waals surface area contributed by atoms with Crippen molar-refractivity contribution in [3.63, 3.8) is 0 Å². The molecule has 4 aliphatic rings. The van der Waals surface area contributed by atoms with E-state index in [0.717, 1.165) is 103 Å². The van der Waals surface area contributed by atoms with Crippen LogP contribution in [0.1, 0.15) is 130 Å². The van der Waals surface area contributed by atoms with Crippen molar-refractivity contribution in [1.82, 2.24) is 0 Å². The quantitative estimate of drug-likeness (QED) is 0.139. The predicted octanol–water partition coefficient (Wildman–Crippen LogP) is 8.38. The summed E-state index contributed by atoms with van der Waals surface area (Å²) >= 11 is 0. The molecular formula is C40H69NO4P2. The lowest BCUT2D eigenvalue weighted by Crippen LogP contribution is -2.69. The van der Waals surface area contributed by atoms with E-state index < -0.39 is 0 Å². The second-order valence-corrected chi connectivity index (χ2v) is 18.3. The van der Waals surface area contributed by atoms with Gasteiger partial charge in [-0.1, -0.05) is 71.6 Å². The monoisotopic (exact) mass is 689 g/mol. The normalized spacial score (nSPS) is 36.5. The molecule has 0 aliphatic heterocycles. The lowest BCUT2D eigenvalue weighted by atomic mass is 9.65. The molecule has 0 aromatic heterocycles. The summed E-state index contributed by atoms with van der Waals surface area (Å²) in [5.74, 6) is 3.06. The van der Waals surface area contributed by atoms with Gasteiger partial charge in [0.05, 0.1) is 35.0 Å². The first-order valence-electron chi connectivity index (χ1n) is 19.7. The number of hydrogen-bond acceptors (Lipinski definition) is 5. The molecule has 4 saturated carbocycles. The van der Waals surface area contributed by atoms with Crippen LogP contribution in [0.5, 0.6) is 0 Å². The molecule has 4 fully saturated rings. The number of benzene rings is 1. The Morgan fingerprint density at radius 3 is 1.02 bits per heavy atom. The number of rotatable bonds is 15. The van der Waals surface area contributed by atoms with E-state index in [-0.39, 0.29) is 35.0 Å². The standard InChI is InChI=1S/C40H69NO4P2/c1-5-35(26-14-18-31(42)22-26)39(46,36(6-2)27-15-19-32(43)23-27)41(30-12-10-9-11-13-30)40(47,37(7-3)28-16-20-33(44)24-28)38(8-4)29-17-21-34(45)25-29/h9-13,26-29,31-38,42-45H,5-8,14-25,46-47H2,1-4H3. The molecule has 0 saturated heterocycles. The van der Waals surface area contributed by atoms with Gasteiger partial charge in [0, 0.05) is 5.69 Å². The van der Waals surface area contributed by atoms with Gasteiger partial charge in [-0.3, -0.25) is 0 Å². The van der Waals surface area contributed by atoms with Gasteiger partial charge in [-0.05, 0) is 137 Å². The first kappa shape index (κ1) is 38.0. The fourth-order valence-electron chi connectivity index (χ4n) is 12.2. The average Bonchev–Trinajstić information content (AvgIpc) is 3.86. The summed E-state index contributed by atoms with van der Waals surface area (Å²) in [5.41, 5.74) is 1.26. The lowest BCUT2D eigenvalue weighted by molar-refractivity contribution is 0.0592. The Labute approximate surface area is 291 Å². The summed E-state index contributed by atoms with van der Waals surface area (Å²) in [6, 6.07) is 11.2. The average molecular weight is 690 g/mol. The molecular weight excluding hydrogens is 620 g/mol. The van der Waals surface area contributed by atoms with E-state index in [9.17, 15) is 20.4 Å². The van der Waals surface area contributed by atoms with Gasteiger partial charge in [0.15, 0.2) is 0 Å². The first-order valence-corrected chi connectivity index (χ1v) is 20.8. The highest BCUT2D eigenvalue weighted by Gasteiger charge is 2.61. The summed E-state index contributed by atoms with van der Waals surface area (Å²) < 4.78 is 0. The second-order valence-electron chi connectivity index (χ2n) is 16.4. The summed E-state index contributed by atoms with van der Waals surface area (Å²) in [5, 5.41) is 43.2. The molecule has 0 bridgehead atoms. The molecule has 1 aromatic rings. The zero-order chi connectivity index (χ0) is 33.9. The molecule has 47 heavy (non-hydrogen) atoms. The van der Waals surface area contributed by atoms with Crippen LogP contribution in [0.4, 0.5) is 5.69 Å². The Morgan fingerprint density at radius 2 is 0.809 bits per heavy atom. The van der Waals surface area contributed by atoms with Crippen molar-refractivity contribution in [2.24, 2.45) is 47.3 Å². The highest BCUT2D eigenvalue weighted by molar-refractivity contribution is 7.21. The number of aliphatic hydroxyl groups excluding tert-OH is 4. The van der Waals surface area contributed by atoms with Gasteiger partial charge in [-0.2, -0.15) is 0 Å². The maximum Gasteiger partial charge on any atom is 0.0610 e. The zero-order valence-electron chi connectivity index (χ0n) is 30.0. The fraction of sp³-hybridized carbons (Fsp3) is 0.850.